The second kappa shape index (κ2) is 6.08. The van der Waals surface area contributed by atoms with Gasteiger partial charge in [-0.1, -0.05) is 18.2 Å². The lowest BCUT2D eigenvalue weighted by Gasteiger charge is -2.20. The van der Waals surface area contributed by atoms with E-state index in [0.717, 1.165) is 16.6 Å². The number of benzene rings is 1. The minimum Gasteiger partial charge on any atom is -0.301 e. The molecule has 0 radical (unpaired) electrons. The van der Waals surface area contributed by atoms with Gasteiger partial charge in [0.15, 0.2) is 5.44 Å². The van der Waals surface area contributed by atoms with Crippen molar-refractivity contribution < 1.29 is 13.6 Å². The first-order valence-corrected chi connectivity index (χ1v) is 9.27. The molecule has 2 heterocycles. The summed E-state index contributed by atoms with van der Waals surface area (Å²) >= 11 is 0. The first-order chi connectivity index (χ1) is 10.9. The van der Waals surface area contributed by atoms with E-state index in [1.165, 1.54) is 0 Å². The molecule has 0 saturated carbocycles. The molecule has 0 amide bonds. The van der Waals surface area contributed by atoms with E-state index < -0.39 is 7.60 Å². The fraction of sp³-hybridized carbons (Fsp3) is 0.353. The largest absolute Gasteiger partial charge is 0.381 e. The normalized spacial score (nSPS) is 12.8. The van der Waals surface area contributed by atoms with E-state index in [0.29, 0.717) is 5.44 Å². The summed E-state index contributed by atoms with van der Waals surface area (Å²) in [7, 11) is -3.47. The van der Waals surface area contributed by atoms with Crippen molar-refractivity contribution in [2.45, 2.75) is 39.9 Å². The fourth-order valence-electron chi connectivity index (χ4n) is 2.52. The van der Waals surface area contributed by atoms with Crippen molar-refractivity contribution in [2.75, 3.05) is 0 Å². The molecule has 0 aliphatic rings. The summed E-state index contributed by atoms with van der Waals surface area (Å²) in [5, 5.41) is 1.09. The molecule has 0 fully saturated rings. The molecule has 0 bridgehead atoms. The van der Waals surface area contributed by atoms with Gasteiger partial charge in [0.05, 0.1) is 17.7 Å². The standard InChI is InChI=1S/C17H21N2O3P/c1-12(2)21-23(20,22-13(3)4)17-11-19-15-8-6-5-7-14(15)9-10-16(19)18-17/h5-13H,1-4H3. The Balaban J connectivity index is 2.17. The zero-order chi connectivity index (χ0) is 16.6. The summed E-state index contributed by atoms with van der Waals surface area (Å²) in [4.78, 5) is 4.49. The minimum atomic E-state index is -3.47. The maximum atomic E-state index is 13.2. The van der Waals surface area contributed by atoms with Crippen LogP contribution in [0.1, 0.15) is 27.7 Å². The number of hydrogen-bond acceptors (Lipinski definition) is 4. The number of hydrogen-bond donors (Lipinski definition) is 0. The first-order valence-electron chi connectivity index (χ1n) is 7.73. The molecular formula is C17H21N2O3P. The molecule has 23 heavy (non-hydrogen) atoms. The Kier molecular flexibility index (Phi) is 4.28. The molecule has 3 aromatic rings. The summed E-state index contributed by atoms with van der Waals surface area (Å²) in [5.41, 5.74) is 2.07. The van der Waals surface area contributed by atoms with Crippen LogP contribution in [-0.4, -0.2) is 21.6 Å². The number of nitrogens with zero attached hydrogens (tertiary/aromatic N) is 2. The Labute approximate surface area is 135 Å². The molecule has 0 aliphatic carbocycles. The van der Waals surface area contributed by atoms with Crippen LogP contribution in [0.3, 0.4) is 0 Å². The van der Waals surface area contributed by atoms with E-state index in [1.54, 1.807) is 6.20 Å². The molecule has 0 aliphatic heterocycles. The second-order valence-corrected chi connectivity index (χ2v) is 7.90. The third-order valence-corrected chi connectivity index (χ3v) is 5.48. The van der Waals surface area contributed by atoms with Crippen LogP contribution in [0, 0.1) is 0 Å². The molecule has 3 rings (SSSR count). The summed E-state index contributed by atoms with van der Waals surface area (Å²) < 4.78 is 26.4. The van der Waals surface area contributed by atoms with Gasteiger partial charge in [-0.3, -0.25) is 8.97 Å². The summed E-state index contributed by atoms with van der Waals surface area (Å²) in [6.45, 7) is 7.34. The number of pyridine rings is 1. The zero-order valence-electron chi connectivity index (χ0n) is 13.8. The molecule has 1 aromatic carbocycles. The van der Waals surface area contributed by atoms with Gasteiger partial charge in [0.2, 0.25) is 0 Å². The average Bonchev–Trinajstić information content (AvgIpc) is 2.90. The monoisotopic (exact) mass is 332 g/mol. The highest BCUT2D eigenvalue weighted by Gasteiger charge is 2.33. The Morgan fingerprint density at radius 3 is 2.30 bits per heavy atom. The highest BCUT2D eigenvalue weighted by molar-refractivity contribution is 7.62. The fourth-order valence-corrected chi connectivity index (χ4v) is 4.38. The summed E-state index contributed by atoms with van der Waals surface area (Å²) in [6, 6.07) is 11.9. The number of aromatic nitrogens is 2. The lowest BCUT2D eigenvalue weighted by Crippen LogP contribution is -2.17. The summed E-state index contributed by atoms with van der Waals surface area (Å²) in [5.74, 6) is 0. The van der Waals surface area contributed by atoms with Gasteiger partial charge >= 0.3 is 7.60 Å². The van der Waals surface area contributed by atoms with E-state index in [-0.39, 0.29) is 12.2 Å². The minimum absolute atomic E-state index is 0.221. The van der Waals surface area contributed by atoms with Gasteiger partial charge in [-0.2, -0.15) is 0 Å². The average molecular weight is 332 g/mol. The van der Waals surface area contributed by atoms with Crippen molar-refractivity contribution in [3.8, 4) is 0 Å². The van der Waals surface area contributed by atoms with Crippen molar-refractivity contribution in [3.05, 3.63) is 42.6 Å². The van der Waals surface area contributed by atoms with Crippen molar-refractivity contribution in [3.63, 3.8) is 0 Å². The van der Waals surface area contributed by atoms with E-state index in [4.69, 9.17) is 9.05 Å². The van der Waals surface area contributed by atoms with Crippen LogP contribution in [-0.2, 0) is 13.6 Å². The molecule has 2 aromatic heterocycles. The number of imidazole rings is 1. The quantitative estimate of drug-likeness (QED) is 0.659. The molecule has 6 heteroatoms. The van der Waals surface area contributed by atoms with Gasteiger partial charge in [-0.25, -0.2) is 4.98 Å². The van der Waals surface area contributed by atoms with Crippen LogP contribution >= 0.6 is 7.60 Å². The number of rotatable bonds is 5. The van der Waals surface area contributed by atoms with Crippen LogP contribution in [0.4, 0.5) is 0 Å². The van der Waals surface area contributed by atoms with Gasteiger partial charge in [0.25, 0.3) is 0 Å². The molecular weight excluding hydrogens is 311 g/mol. The second-order valence-electron chi connectivity index (χ2n) is 6.03. The van der Waals surface area contributed by atoms with Gasteiger partial charge < -0.3 is 9.05 Å². The highest BCUT2D eigenvalue weighted by Crippen LogP contribution is 2.49. The lowest BCUT2D eigenvalue weighted by atomic mass is 10.2. The van der Waals surface area contributed by atoms with Gasteiger partial charge in [-0.05, 0) is 51.3 Å². The van der Waals surface area contributed by atoms with Crippen LogP contribution < -0.4 is 5.44 Å². The molecule has 122 valence electrons. The third kappa shape index (κ3) is 3.18. The van der Waals surface area contributed by atoms with Crippen molar-refractivity contribution in [2.24, 2.45) is 0 Å². The molecule has 5 nitrogen and oxygen atoms in total. The molecule has 0 spiro atoms. The summed E-state index contributed by atoms with van der Waals surface area (Å²) in [6.07, 6.45) is 1.31. The maximum Gasteiger partial charge on any atom is 0.381 e. The maximum absolute atomic E-state index is 13.2. The molecule has 0 unspecified atom stereocenters. The van der Waals surface area contributed by atoms with Crippen LogP contribution in [0.2, 0.25) is 0 Å². The van der Waals surface area contributed by atoms with Gasteiger partial charge in [0.1, 0.15) is 5.65 Å². The highest BCUT2D eigenvalue weighted by atomic mass is 31.2. The first kappa shape index (κ1) is 16.2. The van der Waals surface area contributed by atoms with E-state index in [9.17, 15) is 4.57 Å². The van der Waals surface area contributed by atoms with Crippen LogP contribution in [0.25, 0.3) is 16.6 Å². The van der Waals surface area contributed by atoms with E-state index in [1.807, 2.05) is 68.5 Å². The van der Waals surface area contributed by atoms with Crippen LogP contribution in [0.15, 0.2) is 42.6 Å². The topological polar surface area (TPSA) is 52.8 Å². The smallest absolute Gasteiger partial charge is 0.301 e. The Morgan fingerprint density at radius 1 is 1.00 bits per heavy atom. The predicted molar refractivity (Wildman–Crippen MR) is 92.4 cm³/mol. The Hall–Kier alpha value is -1.68. The van der Waals surface area contributed by atoms with Gasteiger partial charge in [-0.15, -0.1) is 0 Å². The van der Waals surface area contributed by atoms with E-state index in [2.05, 4.69) is 4.98 Å². The predicted octanol–water partition coefficient (Wildman–Crippen LogP) is 4.16. The number of fused-ring (bicyclic) bond motifs is 3. The van der Waals surface area contributed by atoms with Gasteiger partial charge in [0, 0.05) is 6.20 Å². The van der Waals surface area contributed by atoms with Crippen molar-refractivity contribution in [1.29, 1.82) is 0 Å². The molecule has 0 saturated heterocycles. The van der Waals surface area contributed by atoms with Crippen LogP contribution in [0.5, 0.6) is 0 Å². The molecule has 0 atom stereocenters. The Bertz CT molecular complexity index is 872. The SMILES string of the molecule is CC(C)OP(=O)(OC(C)C)c1cn2c(ccc3ccccc32)n1. The van der Waals surface area contributed by atoms with E-state index >= 15 is 0 Å². The zero-order valence-corrected chi connectivity index (χ0v) is 14.7. The number of para-hydroxylation sites is 1. The third-order valence-electron chi connectivity index (χ3n) is 3.31. The Morgan fingerprint density at radius 2 is 1.65 bits per heavy atom. The molecule has 0 N–H and O–H groups in total. The van der Waals surface area contributed by atoms with Crippen molar-refractivity contribution >= 4 is 29.6 Å². The lowest BCUT2D eigenvalue weighted by molar-refractivity contribution is 0.149. The van der Waals surface area contributed by atoms with Crippen molar-refractivity contribution in [1.82, 2.24) is 9.38 Å².